The van der Waals surface area contributed by atoms with Gasteiger partial charge in [-0.1, -0.05) is 0 Å². The summed E-state index contributed by atoms with van der Waals surface area (Å²) in [5.74, 6) is 0.188. The fourth-order valence-corrected chi connectivity index (χ4v) is 3.68. The highest BCUT2D eigenvalue weighted by Crippen LogP contribution is 2.13. The summed E-state index contributed by atoms with van der Waals surface area (Å²) < 4.78 is 26.9. The third-order valence-corrected chi connectivity index (χ3v) is 4.86. The van der Waals surface area contributed by atoms with E-state index in [1.54, 1.807) is 11.3 Å². The van der Waals surface area contributed by atoms with Gasteiger partial charge in [0.1, 0.15) is 5.82 Å². The molecular formula is C12H15N3O2S2. The van der Waals surface area contributed by atoms with Gasteiger partial charge in [-0.15, -0.1) is 0 Å². The minimum absolute atomic E-state index is 0.136. The van der Waals surface area contributed by atoms with Crippen LogP contribution in [-0.2, 0) is 16.4 Å². The van der Waals surface area contributed by atoms with E-state index in [4.69, 9.17) is 5.73 Å². The van der Waals surface area contributed by atoms with Gasteiger partial charge in [0, 0.05) is 18.3 Å². The molecule has 0 bridgehead atoms. The van der Waals surface area contributed by atoms with E-state index in [0.29, 0.717) is 6.42 Å². The number of nitrogens with one attached hydrogen (secondary N) is 1. The second kappa shape index (κ2) is 5.68. The first-order valence-corrected chi connectivity index (χ1v) is 8.15. The van der Waals surface area contributed by atoms with E-state index < -0.39 is 10.0 Å². The van der Waals surface area contributed by atoms with Gasteiger partial charge in [0.25, 0.3) is 0 Å². The Labute approximate surface area is 116 Å². The molecule has 0 aliphatic carbocycles. The van der Waals surface area contributed by atoms with Crippen molar-refractivity contribution in [2.45, 2.75) is 24.3 Å². The Balaban J connectivity index is 2.09. The maximum atomic E-state index is 12.1. The largest absolute Gasteiger partial charge is 0.384 e. The fraction of sp³-hybridized carbons (Fsp3) is 0.250. The van der Waals surface area contributed by atoms with Gasteiger partial charge in [-0.3, -0.25) is 0 Å². The molecule has 0 fully saturated rings. The maximum absolute atomic E-state index is 12.1. The Morgan fingerprint density at radius 2 is 2.26 bits per heavy atom. The van der Waals surface area contributed by atoms with Gasteiger partial charge in [-0.05, 0) is 41.8 Å². The molecule has 0 saturated heterocycles. The highest BCUT2D eigenvalue weighted by atomic mass is 32.2. The molecule has 1 unspecified atom stereocenters. The normalized spacial score (nSPS) is 13.3. The summed E-state index contributed by atoms with van der Waals surface area (Å²) in [5, 5.41) is 3.98. The average molecular weight is 297 g/mol. The fourth-order valence-electron chi connectivity index (χ4n) is 1.73. The first kappa shape index (κ1) is 14.0. The van der Waals surface area contributed by atoms with E-state index in [1.807, 2.05) is 23.8 Å². The number of anilines is 1. The molecule has 2 heterocycles. The highest BCUT2D eigenvalue weighted by molar-refractivity contribution is 7.89. The Hall–Kier alpha value is -1.44. The minimum atomic E-state index is -3.55. The molecule has 0 aliphatic rings. The summed E-state index contributed by atoms with van der Waals surface area (Å²) in [6.45, 7) is 1.83. The number of pyridine rings is 1. The first-order chi connectivity index (χ1) is 8.97. The van der Waals surface area contributed by atoms with Crippen LogP contribution in [0, 0.1) is 0 Å². The van der Waals surface area contributed by atoms with E-state index in [-0.39, 0.29) is 16.8 Å². The number of aromatic nitrogens is 1. The summed E-state index contributed by atoms with van der Waals surface area (Å²) in [4.78, 5) is 3.92. The van der Waals surface area contributed by atoms with Crippen LogP contribution >= 0.6 is 11.3 Å². The molecule has 7 heteroatoms. The second-order valence-electron chi connectivity index (χ2n) is 4.27. The van der Waals surface area contributed by atoms with Crippen LogP contribution in [0.15, 0.2) is 40.1 Å². The standard InChI is InChI=1S/C12H15N3O2S2/c1-9(6-10-3-5-18-8-10)15-19(16,17)11-2-4-14-12(13)7-11/h2-5,7-9,15H,6H2,1H3,(H2,13,14). The number of hydrogen-bond donors (Lipinski definition) is 2. The minimum Gasteiger partial charge on any atom is -0.384 e. The maximum Gasteiger partial charge on any atom is 0.241 e. The molecule has 0 aromatic carbocycles. The zero-order chi connectivity index (χ0) is 13.9. The van der Waals surface area contributed by atoms with Gasteiger partial charge in [0.05, 0.1) is 4.90 Å². The third kappa shape index (κ3) is 3.76. The SMILES string of the molecule is CC(Cc1ccsc1)NS(=O)(=O)c1ccnc(N)c1. The van der Waals surface area contributed by atoms with Gasteiger partial charge in [0.2, 0.25) is 10.0 Å². The topological polar surface area (TPSA) is 85.1 Å². The molecule has 2 aromatic rings. The average Bonchev–Trinajstić information content (AvgIpc) is 2.81. The van der Waals surface area contributed by atoms with Crippen molar-refractivity contribution in [3.63, 3.8) is 0 Å². The van der Waals surface area contributed by atoms with Gasteiger partial charge in [-0.2, -0.15) is 11.3 Å². The zero-order valence-electron chi connectivity index (χ0n) is 10.4. The van der Waals surface area contributed by atoms with Crippen LogP contribution in [0.5, 0.6) is 0 Å². The Bertz CT molecular complexity index is 639. The molecule has 0 amide bonds. The number of nitrogens with two attached hydrogens (primary N) is 1. The molecule has 19 heavy (non-hydrogen) atoms. The lowest BCUT2D eigenvalue weighted by molar-refractivity contribution is 0.560. The Morgan fingerprint density at radius 3 is 2.89 bits per heavy atom. The van der Waals surface area contributed by atoms with Crippen molar-refractivity contribution in [3.05, 3.63) is 40.7 Å². The predicted octanol–water partition coefficient (Wildman–Crippen LogP) is 1.63. The van der Waals surface area contributed by atoms with E-state index >= 15 is 0 Å². The quantitative estimate of drug-likeness (QED) is 0.878. The Morgan fingerprint density at radius 1 is 1.47 bits per heavy atom. The lowest BCUT2D eigenvalue weighted by atomic mass is 10.1. The monoisotopic (exact) mass is 297 g/mol. The van der Waals surface area contributed by atoms with Crippen LogP contribution in [0.3, 0.4) is 0 Å². The van der Waals surface area contributed by atoms with E-state index in [9.17, 15) is 8.42 Å². The van der Waals surface area contributed by atoms with Crippen molar-refractivity contribution in [1.29, 1.82) is 0 Å². The van der Waals surface area contributed by atoms with Crippen molar-refractivity contribution < 1.29 is 8.42 Å². The Kier molecular flexibility index (Phi) is 4.18. The molecule has 5 nitrogen and oxygen atoms in total. The summed E-state index contributed by atoms with van der Waals surface area (Å²) in [7, 11) is -3.55. The number of nitrogens with zero attached hydrogens (tertiary/aromatic N) is 1. The van der Waals surface area contributed by atoms with Crippen molar-refractivity contribution in [1.82, 2.24) is 9.71 Å². The van der Waals surface area contributed by atoms with Crippen LogP contribution < -0.4 is 10.5 Å². The second-order valence-corrected chi connectivity index (χ2v) is 6.77. The van der Waals surface area contributed by atoms with Crippen molar-refractivity contribution >= 4 is 27.2 Å². The smallest absolute Gasteiger partial charge is 0.241 e. The van der Waals surface area contributed by atoms with Crippen LogP contribution in [0.4, 0.5) is 5.82 Å². The van der Waals surface area contributed by atoms with Gasteiger partial charge in [-0.25, -0.2) is 18.1 Å². The van der Waals surface area contributed by atoms with Gasteiger partial charge in [0.15, 0.2) is 0 Å². The van der Waals surface area contributed by atoms with Gasteiger partial charge >= 0.3 is 0 Å². The van der Waals surface area contributed by atoms with E-state index in [0.717, 1.165) is 5.56 Å². The number of sulfonamides is 1. The lowest BCUT2D eigenvalue weighted by Crippen LogP contribution is -2.34. The number of rotatable bonds is 5. The van der Waals surface area contributed by atoms with Crippen LogP contribution in [0.2, 0.25) is 0 Å². The summed E-state index contributed by atoms with van der Waals surface area (Å²) >= 11 is 1.60. The molecule has 2 aromatic heterocycles. The number of nitrogen functional groups attached to an aromatic ring is 1. The lowest BCUT2D eigenvalue weighted by Gasteiger charge is -2.13. The van der Waals surface area contributed by atoms with Crippen LogP contribution in [0.25, 0.3) is 0 Å². The number of hydrogen-bond acceptors (Lipinski definition) is 5. The molecule has 3 N–H and O–H groups in total. The van der Waals surface area contributed by atoms with E-state index in [2.05, 4.69) is 9.71 Å². The van der Waals surface area contributed by atoms with Crippen LogP contribution in [-0.4, -0.2) is 19.4 Å². The van der Waals surface area contributed by atoms with Crippen LogP contribution in [0.1, 0.15) is 12.5 Å². The zero-order valence-corrected chi connectivity index (χ0v) is 12.0. The van der Waals surface area contributed by atoms with E-state index in [1.165, 1.54) is 18.3 Å². The number of thiophene rings is 1. The first-order valence-electron chi connectivity index (χ1n) is 5.72. The highest BCUT2D eigenvalue weighted by Gasteiger charge is 2.18. The summed E-state index contributed by atoms with van der Waals surface area (Å²) in [6.07, 6.45) is 2.04. The molecule has 0 spiro atoms. The third-order valence-electron chi connectivity index (χ3n) is 2.54. The molecule has 0 radical (unpaired) electrons. The molecule has 102 valence electrons. The molecule has 1 atom stereocenters. The molecule has 2 rings (SSSR count). The van der Waals surface area contributed by atoms with Crippen molar-refractivity contribution in [2.75, 3.05) is 5.73 Å². The van der Waals surface area contributed by atoms with Gasteiger partial charge < -0.3 is 5.73 Å². The molecule has 0 saturated carbocycles. The van der Waals surface area contributed by atoms with Crippen molar-refractivity contribution in [3.8, 4) is 0 Å². The summed E-state index contributed by atoms with van der Waals surface area (Å²) in [6, 6.07) is 4.57. The van der Waals surface area contributed by atoms with Crippen molar-refractivity contribution in [2.24, 2.45) is 0 Å². The summed E-state index contributed by atoms with van der Waals surface area (Å²) in [5.41, 5.74) is 6.61. The molecule has 0 aliphatic heterocycles. The molecular weight excluding hydrogens is 282 g/mol. The predicted molar refractivity (Wildman–Crippen MR) is 76.5 cm³/mol.